The average Bonchev–Trinajstić information content (AvgIpc) is 2.86. The van der Waals surface area contributed by atoms with Crippen molar-refractivity contribution in [2.75, 3.05) is 0 Å². The Bertz CT molecular complexity index is 645. The number of hydrogen-bond donors (Lipinski definition) is 1. The van der Waals surface area contributed by atoms with Crippen molar-refractivity contribution in [3.63, 3.8) is 0 Å². The zero-order valence-corrected chi connectivity index (χ0v) is 12.4. The fraction of sp³-hybridized carbons (Fsp3) is 0.0667. The van der Waals surface area contributed by atoms with Crippen molar-refractivity contribution in [1.82, 2.24) is 5.43 Å². The van der Waals surface area contributed by atoms with Gasteiger partial charge in [-0.1, -0.05) is 30.3 Å². The molecular weight excluding hydrogens is 320 g/mol. The molecule has 0 saturated carbocycles. The highest BCUT2D eigenvalue weighted by Crippen LogP contribution is 2.10. The smallest absolute Gasteiger partial charge is 0.274 e. The number of amides is 1. The molecule has 0 spiro atoms. The molecule has 1 aromatic carbocycles. The Hall–Kier alpha value is -2.14. The average molecular weight is 333 g/mol. The topological polar surface area (TPSA) is 54.6 Å². The standard InChI is InChI=1S/C15H13BrN2O2/c1-11-14(7-8-20-11)15(19)18-17-10-13(16)9-12-5-3-2-4-6-12/h2-10H,1H3,(H,18,19)/b13-9+,17-10-. The van der Waals surface area contributed by atoms with Gasteiger partial charge in [0.05, 0.1) is 18.0 Å². The molecule has 0 radical (unpaired) electrons. The molecule has 0 fully saturated rings. The van der Waals surface area contributed by atoms with Gasteiger partial charge < -0.3 is 4.42 Å². The van der Waals surface area contributed by atoms with E-state index in [4.69, 9.17) is 4.42 Å². The third-order valence-electron chi connectivity index (χ3n) is 2.56. The Morgan fingerprint density at radius 2 is 2.05 bits per heavy atom. The molecule has 0 atom stereocenters. The summed E-state index contributed by atoms with van der Waals surface area (Å²) in [6, 6.07) is 11.4. The first-order valence-electron chi connectivity index (χ1n) is 5.96. The van der Waals surface area contributed by atoms with Crippen LogP contribution >= 0.6 is 15.9 Å². The number of rotatable bonds is 4. The molecule has 1 N–H and O–H groups in total. The van der Waals surface area contributed by atoms with Gasteiger partial charge in [0.2, 0.25) is 0 Å². The Kier molecular flexibility index (Phi) is 4.90. The van der Waals surface area contributed by atoms with Gasteiger partial charge in [0, 0.05) is 4.48 Å². The van der Waals surface area contributed by atoms with Gasteiger partial charge in [-0.3, -0.25) is 4.79 Å². The fourth-order valence-electron chi connectivity index (χ4n) is 1.58. The summed E-state index contributed by atoms with van der Waals surface area (Å²) in [5.41, 5.74) is 3.96. The second-order valence-electron chi connectivity index (χ2n) is 4.03. The Morgan fingerprint density at radius 1 is 1.30 bits per heavy atom. The summed E-state index contributed by atoms with van der Waals surface area (Å²) < 4.78 is 5.82. The lowest BCUT2D eigenvalue weighted by Crippen LogP contribution is -2.17. The molecule has 5 heteroatoms. The first-order chi connectivity index (χ1) is 9.66. The Labute approximate surface area is 125 Å². The molecule has 2 rings (SSSR count). The number of hydrazone groups is 1. The number of benzene rings is 1. The van der Waals surface area contributed by atoms with E-state index in [0.29, 0.717) is 11.3 Å². The van der Waals surface area contributed by atoms with Crippen LogP contribution in [0.5, 0.6) is 0 Å². The number of hydrogen-bond acceptors (Lipinski definition) is 3. The van der Waals surface area contributed by atoms with Crippen LogP contribution in [0.4, 0.5) is 0 Å². The summed E-state index contributed by atoms with van der Waals surface area (Å²) in [5.74, 6) is 0.268. The van der Waals surface area contributed by atoms with E-state index in [1.165, 1.54) is 12.5 Å². The van der Waals surface area contributed by atoms with Crippen LogP contribution in [0, 0.1) is 6.92 Å². The predicted octanol–water partition coefficient (Wildman–Crippen LogP) is 3.74. The maximum atomic E-state index is 11.7. The molecule has 0 saturated heterocycles. The van der Waals surface area contributed by atoms with Crippen molar-refractivity contribution in [3.05, 3.63) is 64.0 Å². The summed E-state index contributed by atoms with van der Waals surface area (Å²) in [6.07, 6.45) is 4.90. The van der Waals surface area contributed by atoms with Crippen molar-refractivity contribution < 1.29 is 9.21 Å². The second kappa shape index (κ2) is 6.86. The predicted molar refractivity (Wildman–Crippen MR) is 82.7 cm³/mol. The molecule has 0 bridgehead atoms. The third-order valence-corrected chi connectivity index (χ3v) is 3.00. The summed E-state index contributed by atoms with van der Waals surface area (Å²) in [5, 5.41) is 3.88. The highest BCUT2D eigenvalue weighted by molar-refractivity contribution is 9.12. The van der Waals surface area contributed by atoms with Crippen LogP contribution in [0.2, 0.25) is 0 Å². The molecule has 0 aliphatic carbocycles. The van der Waals surface area contributed by atoms with Crippen LogP contribution < -0.4 is 5.43 Å². The number of furan rings is 1. The van der Waals surface area contributed by atoms with Crippen molar-refractivity contribution in [1.29, 1.82) is 0 Å². The number of halogens is 1. The van der Waals surface area contributed by atoms with Gasteiger partial charge in [0.15, 0.2) is 0 Å². The summed E-state index contributed by atoms with van der Waals surface area (Å²) in [4.78, 5) is 11.7. The van der Waals surface area contributed by atoms with E-state index in [9.17, 15) is 4.79 Å². The molecule has 1 heterocycles. The van der Waals surface area contributed by atoms with E-state index < -0.39 is 0 Å². The highest BCUT2D eigenvalue weighted by Gasteiger charge is 2.09. The first kappa shape index (κ1) is 14.3. The zero-order valence-electron chi connectivity index (χ0n) is 10.8. The maximum absolute atomic E-state index is 11.7. The van der Waals surface area contributed by atoms with Crippen LogP contribution in [0.3, 0.4) is 0 Å². The molecule has 1 amide bonds. The van der Waals surface area contributed by atoms with Gasteiger partial charge in [-0.05, 0) is 40.6 Å². The number of nitrogens with one attached hydrogen (secondary N) is 1. The minimum Gasteiger partial charge on any atom is -0.469 e. The monoisotopic (exact) mass is 332 g/mol. The van der Waals surface area contributed by atoms with Crippen molar-refractivity contribution in [2.24, 2.45) is 5.10 Å². The molecule has 102 valence electrons. The van der Waals surface area contributed by atoms with E-state index in [0.717, 1.165) is 10.0 Å². The summed E-state index contributed by atoms with van der Waals surface area (Å²) >= 11 is 3.37. The quantitative estimate of drug-likeness (QED) is 0.684. The molecule has 1 aromatic heterocycles. The maximum Gasteiger partial charge on any atom is 0.274 e. The normalized spacial score (nSPS) is 11.8. The minimum atomic E-state index is -0.299. The molecule has 4 nitrogen and oxygen atoms in total. The van der Waals surface area contributed by atoms with Crippen molar-refractivity contribution in [2.45, 2.75) is 6.92 Å². The number of allylic oxidation sites excluding steroid dienone is 1. The lowest BCUT2D eigenvalue weighted by atomic mass is 10.2. The van der Waals surface area contributed by atoms with E-state index in [1.807, 2.05) is 36.4 Å². The molecule has 0 aliphatic heterocycles. The van der Waals surface area contributed by atoms with Crippen LogP contribution in [0.15, 0.2) is 56.7 Å². The molecule has 0 aliphatic rings. The lowest BCUT2D eigenvalue weighted by molar-refractivity contribution is 0.0953. The summed E-state index contributed by atoms with van der Waals surface area (Å²) in [6.45, 7) is 1.73. The number of carbonyl (C=O) groups excluding carboxylic acids is 1. The van der Waals surface area contributed by atoms with Gasteiger partial charge in [-0.25, -0.2) is 5.43 Å². The van der Waals surface area contributed by atoms with Gasteiger partial charge in [0.25, 0.3) is 5.91 Å². The van der Waals surface area contributed by atoms with Gasteiger partial charge in [-0.15, -0.1) is 0 Å². The van der Waals surface area contributed by atoms with Crippen LogP contribution in [0.25, 0.3) is 6.08 Å². The third kappa shape index (κ3) is 3.93. The Morgan fingerprint density at radius 3 is 2.70 bits per heavy atom. The van der Waals surface area contributed by atoms with E-state index >= 15 is 0 Å². The van der Waals surface area contributed by atoms with Crippen molar-refractivity contribution >= 4 is 34.1 Å². The largest absolute Gasteiger partial charge is 0.469 e. The van der Waals surface area contributed by atoms with Crippen LogP contribution in [-0.2, 0) is 0 Å². The van der Waals surface area contributed by atoms with Gasteiger partial charge >= 0.3 is 0 Å². The van der Waals surface area contributed by atoms with Crippen LogP contribution in [-0.4, -0.2) is 12.1 Å². The zero-order chi connectivity index (χ0) is 14.4. The van der Waals surface area contributed by atoms with Gasteiger partial charge in [-0.2, -0.15) is 5.10 Å². The molecule has 2 aromatic rings. The van der Waals surface area contributed by atoms with E-state index in [1.54, 1.807) is 13.0 Å². The molecule has 20 heavy (non-hydrogen) atoms. The Balaban J connectivity index is 1.95. The van der Waals surface area contributed by atoms with Crippen molar-refractivity contribution in [3.8, 4) is 0 Å². The van der Waals surface area contributed by atoms with Gasteiger partial charge in [0.1, 0.15) is 5.76 Å². The molecule has 0 unspecified atom stereocenters. The minimum absolute atomic E-state index is 0.299. The fourth-order valence-corrected chi connectivity index (χ4v) is 1.95. The number of nitrogens with zero attached hydrogens (tertiary/aromatic N) is 1. The van der Waals surface area contributed by atoms with E-state index in [-0.39, 0.29) is 5.91 Å². The lowest BCUT2D eigenvalue weighted by Gasteiger charge is -1.97. The number of carbonyl (C=O) groups is 1. The van der Waals surface area contributed by atoms with Crippen LogP contribution in [0.1, 0.15) is 21.7 Å². The summed E-state index contributed by atoms with van der Waals surface area (Å²) in [7, 11) is 0. The SMILES string of the molecule is Cc1occc1C(=O)N/N=C\C(Br)=C/c1ccccc1. The highest BCUT2D eigenvalue weighted by atomic mass is 79.9. The first-order valence-corrected chi connectivity index (χ1v) is 6.76. The second-order valence-corrected chi connectivity index (χ2v) is 4.95. The van der Waals surface area contributed by atoms with E-state index in [2.05, 4.69) is 26.5 Å². The number of aryl methyl sites for hydroxylation is 1. The molecular formula is C15H13BrN2O2.